The molecule has 18 heavy (non-hydrogen) atoms. The third kappa shape index (κ3) is 2.42. The molecule has 0 radical (unpaired) electrons. The summed E-state index contributed by atoms with van der Waals surface area (Å²) in [5.74, 6) is 0. The van der Waals surface area contributed by atoms with Crippen LogP contribution in [-0.4, -0.2) is 11.0 Å². The van der Waals surface area contributed by atoms with Crippen LogP contribution >= 0.6 is 0 Å². The molecule has 0 bridgehead atoms. The molecule has 1 fully saturated rings. The molecule has 96 valence electrons. The van der Waals surface area contributed by atoms with Crippen molar-refractivity contribution in [2.75, 3.05) is 11.1 Å². The van der Waals surface area contributed by atoms with Gasteiger partial charge in [0.1, 0.15) is 5.52 Å². The van der Waals surface area contributed by atoms with Crippen molar-refractivity contribution in [2.45, 2.75) is 44.6 Å². The number of rotatable bonds is 2. The predicted molar refractivity (Wildman–Crippen MR) is 73.5 cm³/mol. The smallest absolute Gasteiger partial charge is 0.295 e. The van der Waals surface area contributed by atoms with Gasteiger partial charge in [0.25, 0.3) is 6.01 Å². The van der Waals surface area contributed by atoms with E-state index in [9.17, 15) is 0 Å². The van der Waals surface area contributed by atoms with Crippen LogP contribution in [-0.2, 0) is 0 Å². The van der Waals surface area contributed by atoms with Crippen LogP contribution in [0.1, 0.15) is 38.5 Å². The first-order valence-corrected chi connectivity index (χ1v) is 6.74. The Balaban J connectivity index is 1.77. The fraction of sp³-hybridized carbons (Fsp3) is 0.500. The van der Waals surface area contributed by atoms with Gasteiger partial charge in [-0.25, -0.2) is 0 Å². The summed E-state index contributed by atoms with van der Waals surface area (Å²) in [5, 5.41) is 3.41. The first kappa shape index (κ1) is 11.4. The Morgan fingerprint density at radius 1 is 1.17 bits per heavy atom. The Bertz CT molecular complexity index is 527. The van der Waals surface area contributed by atoms with E-state index in [-0.39, 0.29) is 0 Å². The number of nitrogens with two attached hydrogens (primary N) is 1. The van der Waals surface area contributed by atoms with Crippen LogP contribution < -0.4 is 11.1 Å². The van der Waals surface area contributed by atoms with E-state index in [1.807, 2.05) is 18.2 Å². The monoisotopic (exact) mass is 245 g/mol. The summed E-state index contributed by atoms with van der Waals surface area (Å²) in [4.78, 5) is 4.45. The minimum atomic E-state index is 0.498. The highest BCUT2D eigenvalue weighted by Gasteiger charge is 2.14. The minimum absolute atomic E-state index is 0.498. The number of fused-ring (bicyclic) bond motifs is 1. The minimum Gasteiger partial charge on any atom is -0.423 e. The molecule has 0 unspecified atom stereocenters. The van der Waals surface area contributed by atoms with E-state index >= 15 is 0 Å². The lowest BCUT2D eigenvalue weighted by atomic mass is 10.1. The highest BCUT2D eigenvalue weighted by molar-refractivity contribution is 5.78. The van der Waals surface area contributed by atoms with Gasteiger partial charge in [-0.15, -0.1) is 0 Å². The van der Waals surface area contributed by atoms with Gasteiger partial charge in [-0.3, -0.25) is 0 Å². The third-order valence-corrected chi connectivity index (χ3v) is 3.60. The summed E-state index contributed by atoms with van der Waals surface area (Å²) >= 11 is 0. The highest BCUT2D eigenvalue weighted by atomic mass is 16.4. The number of hydrogen-bond acceptors (Lipinski definition) is 4. The molecule has 1 aromatic carbocycles. The van der Waals surface area contributed by atoms with Gasteiger partial charge in [-0.05, 0) is 25.0 Å². The Labute approximate surface area is 107 Å². The normalized spacial score (nSPS) is 17.8. The quantitative estimate of drug-likeness (QED) is 0.627. The number of oxazole rings is 1. The third-order valence-electron chi connectivity index (χ3n) is 3.60. The molecule has 3 rings (SSSR count). The van der Waals surface area contributed by atoms with Gasteiger partial charge in [-0.1, -0.05) is 25.7 Å². The molecule has 0 spiro atoms. The van der Waals surface area contributed by atoms with Crippen LogP contribution in [0.2, 0.25) is 0 Å². The molecular formula is C14H19N3O. The average Bonchev–Trinajstić information content (AvgIpc) is 2.57. The van der Waals surface area contributed by atoms with Crippen LogP contribution in [0.15, 0.2) is 22.6 Å². The van der Waals surface area contributed by atoms with Crippen LogP contribution in [0.5, 0.6) is 0 Å². The number of nitrogens with one attached hydrogen (secondary N) is 1. The molecule has 1 heterocycles. The first-order chi connectivity index (χ1) is 8.81. The largest absolute Gasteiger partial charge is 0.423 e. The summed E-state index contributed by atoms with van der Waals surface area (Å²) in [7, 11) is 0. The molecule has 1 aliphatic rings. The van der Waals surface area contributed by atoms with Gasteiger partial charge in [0.2, 0.25) is 0 Å². The highest BCUT2D eigenvalue weighted by Crippen LogP contribution is 2.24. The van der Waals surface area contributed by atoms with Crippen molar-refractivity contribution < 1.29 is 4.42 Å². The van der Waals surface area contributed by atoms with E-state index in [4.69, 9.17) is 10.2 Å². The molecule has 0 saturated heterocycles. The van der Waals surface area contributed by atoms with Crippen LogP contribution in [0.3, 0.4) is 0 Å². The van der Waals surface area contributed by atoms with Gasteiger partial charge < -0.3 is 15.5 Å². The summed E-state index contributed by atoms with van der Waals surface area (Å²) in [6, 6.07) is 6.69. The molecule has 0 aliphatic heterocycles. The lowest BCUT2D eigenvalue weighted by molar-refractivity contribution is 0.560. The fourth-order valence-electron chi connectivity index (χ4n) is 2.60. The van der Waals surface area contributed by atoms with Crippen molar-refractivity contribution in [2.24, 2.45) is 0 Å². The van der Waals surface area contributed by atoms with Crippen molar-refractivity contribution in [1.82, 2.24) is 4.98 Å². The molecule has 1 saturated carbocycles. The predicted octanol–water partition coefficient (Wildman–Crippen LogP) is 3.54. The first-order valence-electron chi connectivity index (χ1n) is 6.74. The SMILES string of the molecule is Nc1ccc2nc(NC3CCCCCC3)oc2c1. The van der Waals surface area contributed by atoms with E-state index in [1.54, 1.807) is 0 Å². The van der Waals surface area contributed by atoms with Crippen LogP contribution in [0, 0.1) is 0 Å². The maximum absolute atomic E-state index is 5.73. The Kier molecular flexibility index (Phi) is 3.09. The maximum atomic E-state index is 5.73. The van der Waals surface area contributed by atoms with Crippen LogP contribution in [0.25, 0.3) is 11.1 Å². The molecule has 4 heteroatoms. The zero-order valence-corrected chi connectivity index (χ0v) is 10.5. The lowest BCUT2D eigenvalue weighted by Gasteiger charge is -2.13. The second-order valence-corrected chi connectivity index (χ2v) is 5.08. The maximum Gasteiger partial charge on any atom is 0.295 e. The molecule has 0 amide bonds. The Morgan fingerprint density at radius 2 is 1.94 bits per heavy atom. The van der Waals surface area contributed by atoms with E-state index < -0.39 is 0 Å². The van der Waals surface area contributed by atoms with Gasteiger partial charge >= 0.3 is 0 Å². The van der Waals surface area contributed by atoms with E-state index in [1.165, 1.54) is 38.5 Å². The van der Waals surface area contributed by atoms with Crippen molar-refractivity contribution >= 4 is 22.8 Å². The standard InChI is InChI=1S/C14H19N3O/c15-10-7-8-12-13(9-10)18-14(17-12)16-11-5-3-1-2-4-6-11/h7-9,11H,1-6,15H2,(H,16,17). The summed E-state index contributed by atoms with van der Waals surface area (Å²) < 4.78 is 5.69. The molecule has 0 atom stereocenters. The number of nitrogen functional groups attached to an aromatic ring is 1. The number of benzene rings is 1. The Hall–Kier alpha value is -1.71. The number of hydrogen-bond donors (Lipinski definition) is 2. The van der Waals surface area contributed by atoms with Crippen LogP contribution in [0.4, 0.5) is 11.7 Å². The van der Waals surface area contributed by atoms with Gasteiger partial charge in [-0.2, -0.15) is 4.98 Å². The second-order valence-electron chi connectivity index (χ2n) is 5.08. The molecule has 2 aromatic rings. The second kappa shape index (κ2) is 4.88. The van der Waals surface area contributed by atoms with Gasteiger partial charge in [0.15, 0.2) is 5.58 Å². The summed E-state index contributed by atoms with van der Waals surface area (Å²) in [6.45, 7) is 0. The van der Waals surface area contributed by atoms with E-state index in [0.717, 1.165) is 11.1 Å². The fourth-order valence-corrected chi connectivity index (χ4v) is 2.60. The van der Waals surface area contributed by atoms with Gasteiger partial charge in [0.05, 0.1) is 0 Å². The number of nitrogens with zero attached hydrogens (tertiary/aromatic N) is 1. The van der Waals surface area contributed by atoms with Crippen molar-refractivity contribution in [1.29, 1.82) is 0 Å². The molecule has 1 aromatic heterocycles. The van der Waals surface area contributed by atoms with Gasteiger partial charge in [0, 0.05) is 17.8 Å². The van der Waals surface area contributed by atoms with E-state index in [0.29, 0.717) is 17.7 Å². The molecule has 4 nitrogen and oxygen atoms in total. The molecule has 1 aliphatic carbocycles. The average molecular weight is 245 g/mol. The van der Waals surface area contributed by atoms with Crippen molar-refractivity contribution in [3.63, 3.8) is 0 Å². The molecule has 3 N–H and O–H groups in total. The number of anilines is 2. The Morgan fingerprint density at radius 3 is 2.72 bits per heavy atom. The van der Waals surface area contributed by atoms with Crippen molar-refractivity contribution in [3.05, 3.63) is 18.2 Å². The lowest BCUT2D eigenvalue weighted by Crippen LogP contribution is -2.18. The topological polar surface area (TPSA) is 64.1 Å². The zero-order chi connectivity index (χ0) is 12.4. The van der Waals surface area contributed by atoms with Crippen molar-refractivity contribution in [3.8, 4) is 0 Å². The zero-order valence-electron chi connectivity index (χ0n) is 10.5. The summed E-state index contributed by atoms with van der Waals surface area (Å²) in [5.41, 5.74) is 8.05. The summed E-state index contributed by atoms with van der Waals surface area (Å²) in [6.07, 6.45) is 7.71. The van der Waals surface area contributed by atoms with E-state index in [2.05, 4.69) is 10.3 Å². The number of aromatic nitrogens is 1. The molecular weight excluding hydrogens is 226 g/mol.